The van der Waals surface area contributed by atoms with Crippen LogP contribution in [0.2, 0.25) is 0 Å². The van der Waals surface area contributed by atoms with Gasteiger partial charge < -0.3 is 4.90 Å². The van der Waals surface area contributed by atoms with Crippen LogP contribution in [0.25, 0.3) is 0 Å². The maximum absolute atomic E-state index is 4.06. The Balaban J connectivity index is 3.07. The number of rotatable bonds is 2. The van der Waals surface area contributed by atoms with Gasteiger partial charge in [0.15, 0.2) is 0 Å². The van der Waals surface area contributed by atoms with Crippen LogP contribution < -0.4 is 0 Å². The summed E-state index contributed by atoms with van der Waals surface area (Å²) < 4.78 is 0. The molecule has 82 valence electrons. The van der Waals surface area contributed by atoms with Gasteiger partial charge in [0.25, 0.3) is 0 Å². The Morgan fingerprint density at radius 1 is 1.40 bits per heavy atom. The van der Waals surface area contributed by atoms with Crippen molar-refractivity contribution >= 4 is 0 Å². The Morgan fingerprint density at radius 2 is 2.00 bits per heavy atom. The van der Waals surface area contributed by atoms with Gasteiger partial charge in [-0.2, -0.15) is 0 Å². The van der Waals surface area contributed by atoms with Gasteiger partial charge in [0.1, 0.15) is 0 Å². The Bertz CT molecular complexity index is 329. The largest absolute Gasteiger partial charge is 0.339 e. The van der Waals surface area contributed by atoms with E-state index in [1.54, 1.807) is 0 Å². The quantitative estimate of drug-likeness (QED) is 0.616. The smallest absolute Gasteiger partial charge is 0.0581 e. The molecule has 15 heavy (non-hydrogen) atoms. The third-order valence-electron chi connectivity index (χ3n) is 2.65. The Hall–Kier alpha value is -1.24. The molecule has 0 aliphatic carbocycles. The summed E-state index contributed by atoms with van der Waals surface area (Å²) in [7, 11) is 0. The van der Waals surface area contributed by atoms with E-state index in [2.05, 4.69) is 57.1 Å². The van der Waals surface area contributed by atoms with Gasteiger partial charge in [0, 0.05) is 11.4 Å². The molecule has 1 aliphatic heterocycles. The van der Waals surface area contributed by atoms with Crippen LogP contribution in [0, 0.1) is 5.92 Å². The molecule has 1 rings (SSSR count). The third kappa shape index (κ3) is 2.62. The second-order valence-corrected chi connectivity index (χ2v) is 4.55. The lowest BCUT2D eigenvalue weighted by atomic mass is 9.93. The summed E-state index contributed by atoms with van der Waals surface area (Å²) in [5.41, 5.74) is 3.42. The van der Waals surface area contributed by atoms with Crippen LogP contribution in [0.5, 0.6) is 0 Å². The van der Waals surface area contributed by atoms with E-state index >= 15 is 0 Å². The van der Waals surface area contributed by atoms with Gasteiger partial charge in [-0.15, -0.1) is 0 Å². The molecule has 1 heterocycles. The molecule has 1 aliphatic rings. The molecule has 0 saturated heterocycles. The first-order chi connectivity index (χ1) is 6.93. The summed E-state index contributed by atoms with van der Waals surface area (Å²) in [4.78, 5) is 2.21. The number of allylic oxidation sites excluding steroid dienone is 3. The van der Waals surface area contributed by atoms with Gasteiger partial charge in [0.2, 0.25) is 0 Å². The van der Waals surface area contributed by atoms with Gasteiger partial charge in [-0.3, -0.25) is 0 Å². The zero-order valence-corrected chi connectivity index (χ0v) is 10.2. The topological polar surface area (TPSA) is 3.24 Å². The van der Waals surface area contributed by atoms with Gasteiger partial charge in [0.05, 0.1) is 6.04 Å². The van der Waals surface area contributed by atoms with E-state index in [0.717, 1.165) is 11.4 Å². The number of hydrogen-bond donors (Lipinski definition) is 0. The summed E-state index contributed by atoms with van der Waals surface area (Å²) in [6.45, 7) is 16.6. The molecule has 0 aromatic carbocycles. The molecule has 0 saturated carbocycles. The molecule has 0 N–H and O–H groups in total. The number of nitrogens with zero attached hydrogens (tertiary/aromatic N) is 1. The highest BCUT2D eigenvalue weighted by Gasteiger charge is 2.25. The van der Waals surface area contributed by atoms with E-state index in [9.17, 15) is 0 Å². The Labute approximate surface area is 93.5 Å². The van der Waals surface area contributed by atoms with Crippen LogP contribution in [-0.2, 0) is 0 Å². The summed E-state index contributed by atoms with van der Waals surface area (Å²) >= 11 is 0. The molecule has 0 amide bonds. The van der Waals surface area contributed by atoms with E-state index in [-0.39, 0.29) is 0 Å². The predicted octanol–water partition coefficient (Wildman–Crippen LogP) is 3.88. The lowest BCUT2D eigenvalue weighted by molar-refractivity contribution is 0.310. The van der Waals surface area contributed by atoms with Crippen LogP contribution in [-0.4, -0.2) is 10.9 Å². The van der Waals surface area contributed by atoms with E-state index in [4.69, 9.17) is 0 Å². The van der Waals surface area contributed by atoms with Crippen LogP contribution in [0.1, 0.15) is 27.7 Å². The van der Waals surface area contributed by atoms with Crippen molar-refractivity contribution in [1.82, 2.24) is 4.90 Å². The fraction of sp³-hybridized carbons (Fsp3) is 0.429. The molecule has 0 spiro atoms. The highest BCUT2D eigenvalue weighted by molar-refractivity contribution is 5.28. The zero-order chi connectivity index (χ0) is 11.6. The Morgan fingerprint density at radius 3 is 2.47 bits per heavy atom. The second kappa shape index (κ2) is 4.52. The summed E-state index contributed by atoms with van der Waals surface area (Å²) in [6, 6.07) is 0.366. The highest BCUT2D eigenvalue weighted by atomic mass is 15.2. The summed E-state index contributed by atoms with van der Waals surface area (Å²) in [5, 5.41) is 0. The summed E-state index contributed by atoms with van der Waals surface area (Å²) in [6.07, 6.45) is 6.58. The van der Waals surface area contributed by atoms with Crippen molar-refractivity contribution in [1.29, 1.82) is 0 Å². The van der Waals surface area contributed by atoms with Crippen LogP contribution in [0.15, 0.2) is 48.4 Å². The first-order valence-electron chi connectivity index (χ1n) is 5.40. The van der Waals surface area contributed by atoms with Crippen molar-refractivity contribution < 1.29 is 0 Å². The van der Waals surface area contributed by atoms with E-state index < -0.39 is 0 Å². The fourth-order valence-electron chi connectivity index (χ4n) is 1.95. The third-order valence-corrected chi connectivity index (χ3v) is 2.65. The standard InChI is InChI=1S/C14H21N/c1-10(2)9-14-12(5)7-8-13(6)15(14)11(3)4/h7-9,12,14H,3,6H2,1-2,4-5H3. The summed E-state index contributed by atoms with van der Waals surface area (Å²) in [5.74, 6) is 0.502. The molecule has 1 heteroatoms. The van der Waals surface area contributed by atoms with Crippen molar-refractivity contribution in [3.8, 4) is 0 Å². The Kier molecular flexibility index (Phi) is 3.57. The normalized spacial score (nSPS) is 25.3. The van der Waals surface area contributed by atoms with Crippen molar-refractivity contribution in [3.05, 3.63) is 48.4 Å². The lowest BCUT2D eigenvalue weighted by Crippen LogP contribution is -2.37. The van der Waals surface area contributed by atoms with Crippen molar-refractivity contribution in [3.63, 3.8) is 0 Å². The van der Waals surface area contributed by atoms with E-state index in [1.165, 1.54) is 5.57 Å². The molecular weight excluding hydrogens is 182 g/mol. The van der Waals surface area contributed by atoms with E-state index in [1.807, 2.05) is 6.92 Å². The van der Waals surface area contributed by atoms with Crippen LogP contribution in [0.3, 0.4) is 0 Å². The first kappa shape index (κ1) is 11.8. The van der Waals surface area contributed by atoms with Gasteiger partial charge in [-0.25, -0.2) is 0 Å². The molecular formula is C14H21N. The monoisotopic (exact) mass is 203 g/mol. The molecule has 0 fully saturated rings. The maximum atomic E-state index is 4.06. The first-order valence-corrected chi connectivity index (χ1v) is 5.40. The minimum atomic E-state index is 0.366. The molecule has 0 radical (unpaired) electrons. The fourth-order valence-corrected chi connectivity index (χ4v) is 1.95. The molecule has 0 bridgehead atoms. The highest BCUT2D eigenvalue weighted by Crippen LogP contribution is 2.28. The van der Waals surface area contributed by atoms with Gasteiger partial charge in [-0.1, -0.05) is 37.8 Å². The van der Waals surface area contributed by atoms with Crippen molar-refractivity contribution in [2.24, 2.45) is 5.92 Å². The van der Waals surface area contributed by atoms with Crippen LogP contribution >= 0.6 is 0 Å². The van der Waals surface area contributed by atoms with Gasteiger partial charge in [-0.05, 0) is 32.8 Å². The van der Waals surface area contributed by atoms with E-state index in [0.29, 0.717) is 12.0 Å². The zero-order valence-electron chi connectivity index (χ0n) is 10.2. The van der Waals surface area contributed by atoms with Gasteiger partial charge >= 0.3 is 0 Å². The maximum Gasteiger partial charge on any atom is 0.0581 e. The van der Waals surface area contributed by atoms with Crippen molar-refractivity contribution in [2.75, 3.05) is 0 Å². The minimum Gasteiger partial charge on any atom is -0.339 e. The minimum absolute atomic E-state index is 0.366. The molecule has 2 unspecified atom stereocenters. The molecule has 0 aromatic rings. The average molecular weight is 203 g/mol. The molecule has 2 atom stereocenters. The second-order valence-electron chi connectivity index (χ2n) is 4.55. The predicted molar refractivity (Wildman–Crippen MR) is 67.3 cm³/mol. The molecule has 1 nitrogen and oxygen atoms in total. The van der Waals surface area contributed by atoms with Crippen LogP contribution in [0.4, 0.5) is 0 Å². The average Bonchev–Trinajstić information content (AvgIpc) is 2.10. The number of hydrogen-bond acceptors (Lipinski definition) is 1. The lowest BCUT2D eigenvalue weighted by Gasteiger charge is -2.38. The van der Waals surface area contributed by atoms with Crippen molar-refractivity contribution in [2.45, 2.75) is 33.7 Å². The molecule has 0 aromatic heterocycles. The SMILES string of the molecule is C=C(C)N1C(=C)C=CC(C)C1C=C(C)C.